The molecule has 2 fully saturated rings. The quantitative estimate of drug-likeness (QED) is 0.794. The molecule has 1 aromatic carbocycles. The Hall–Kier alpha value is -1.07. The molecule has 3 rings (SSSR count). The molecule has 4 nitrogen and oxygen atoms in total. The van der Waals surface area contributed by atoms with Crippen LogP contribution in [0, 0.1) is 12.8 Å². The predicted molar refractivity (Wildman–Crippen MR) is 74.2 cm³/mol. The lowest BCUT2D eigenvalue weighted by Gasteiger charge is -2.25. The number of aryl methyl sites for hydroxylation is 1. The number of rotatable bonds is 1. The minimum Gasteiger partial charge on any atom is -0.308 e. The first-order valence-corrected chi connectivity index (χ1v) is 8.36. The Kier molecular flexibility index (Phi) is 2.87. The number of fused-ring (bicyclic) bond motifs is 1. The van der Waals surface area contributed by atoms with Crippen molar-refractivity contribution in [3.63, 3.8) is 0 Å². The molecule has 0 aromatic heterocycles. The number of sulfone groups is 1. The van der Waals surface area contributed by atoms with Gasteiger partial charge in [0.05, 0.1) is 17.5 Å². The molecule has 19 heavy (non-hydrogen) atoms. The second-order valence-corrected chi connectivity index (χ2v) is 7.89. The Morgan fingerprint density at radius 3 is 2.79 bits per heavy atom. The molecule has 2 aliphatic rings. The number of hydrogen-bond donors (Lipinski definition) is 0. The van der Waals surface area contributed by atoms with Crippen LogP contribution < -0.4 is 4.90 Å². The second-order valence-electron chi connectivity index (χ2n) is 5.30. The summed E-state index contributed by atoms with van der Waals surface area (Å²) < 4.78 is 23.4. The Bertz CT molecular complexity index is 656. The van der Waals surface area contributed by atoms with Gasteiger partial charge in [0, 0.05) is 23.0 Å². The summed E-state index contributed by atoms with van der Waals surface area (Å²) in [4.78, 5) is 13.8. The highest BCUT2D eigenvalue weighted by molar-refractivity contribution is 7.91. The largest absolute Gasteiger partial charge is 0.308 e. The van der Waals surface area contributed by atoms with Gasteiger partial charge < -0.3 is 4.90 Å². The van der Waals surface area contributed by atoms with Gasteiger partial charge in [0.25, 0.3) is 0 Å². The zero-order valence-corrected chi connectivity index (χ0v) is 12.0. The van der Waals surface area contributed by atoms with Crippen molar-refractivity contribution in [1.29, 1.82) is 0 Å². The molecule has 0 N–H and O–H groups in total. The molecule has 2 aliphatic heterocycles. The average molecular weight is 300 g/mol. The molecular weight excluding hydrogens is 286 g/mol. The van der Waals surface area contributed by atoms with Crippen molar-refractivity contribution in [3.05, 3.63) is 28.8 Å². The number of anilines is 1. The lowest BCUT2D eigenvalue weighted by atomic mass is 10.0. The van der Waals surface area contributed by atoms with E-state index in [-0.39, 0.29) is 29.4 Å². The van der Waals surface area contributed by atoms with E-state index in [1.807, 2.05) is 13.0 Å². The van der Waals surface area contributed by atoms with Crippen molar-refractivity contribution in [3.8, 4) is 0 Å². The molecule has 0 spiro atoms. The van der Waals surface area contributed by atoms with Crippen LogP contribution in [-0.2, 0) is 14.6 Å². The van der Waals surface area contributed by atoms with E-state index in [0.29, 0.717) is 11.4 Å². The van der Waals surface area contributed by atoms with Gasteiger partial charge in [-0.05, 0) is 24.6 Å². The molecule has 102 valence electrons. The molecule has 1 amide bonds. The second kappa shape index (κ2) is 4.21. The van der Waals surface area contributed by atoms with Gasteiger partial charge in [0.15, 0.2) is 9.84 Å². The molecule has 0 bridgehead atoms. The molecule has 2 saturated heterocycles. The smallest absolute Gasteiger partial charge is 0.227 e. The highest BCUT2D eigenvalue weighted by Crippen LogP contribution is 2.39. The average Bonchev–Trinajstić information content (AvgIpc) is 2.73. The fourth-order valence-electron chi connectivity index (χ4n) is 3.04. The van der Waals surface area contributed by atoms with Crippen molar-refractivity contribution < 1.29 is 13.2 Å². The van der Waals surface area contributed by atoms with Gasteiger partial charge in [-0.3, -0.25) is 4.79 Å². The van der Waals surface area contributed by atoms with Crippen molar-refractivity contribution in [2.24, 2.45) is 5.92 Å². The first-order chi connectivity index (χ1) is 8.87. The van der Waals surface area contributed by atoms with Crippen LogP contribution in [0.25, 0.3) is 0 Å². The van der Waals surface area contributed by atoms with Crippen LogP contribution in [0.2, 0.25) is 5.02 Å². The molecular formula is C13H14ClNO3S. The van der Waals surface area contributed by atoms with Crippen LogP contribution >= 0.6 is 11.6 Å². The Morgan fingerprint density at radius 1 is 1.32 bits per heavy atom. The lowest BCUT2D eigenvalue weighted by Crippen LogP contribution is -2.36. The minimum absolute atomic E-state index is 0.00438. The topological polar surface area (TPSA) is 54.5 Å². The summed E-state index contributed by atoms with van der Waals surface area (Å²) in [6.07, 6.45) is 0.315. The number of carbonyl (C=O) groups is 1. The molecule has 0 aliphatic carbocycles. The summed E-state index contributed by atoms with van der Waals surface area (Å²) in [6.45, 7) is 1.90. The van der Waals surface area contributed by atoms with E-state index in [1.54, 1.807) is 17.0 Å². The van der Waals surface area contributed by atoms with Crippen LogP contribution in [0.1, 0.15) is 12.0 Å². The number of carbonyl (C=O) groups excluding carboxylic acids is 1. The van der Waals surface area contributed by atoms with Crippen molar-refractivity contribution in [2.45, 2.75) is 19.4 Å². The molecule has 0 unspecified atom stereocenters. The third-order valence-electron chi connectivity index (χ3n) is 3.90. The fourth-order valence-corrected chi connectivity index (χ4v) is 5.28. The maximum atomic E-state index is 12.2. The van der Waals surface area contributed by atoms with Crippen molar-refractivity contribution in [2.75, 3.05) is 16.4 Å². The standard InChI is InChI=1S/C13H14ClNO3S/c1-8-2-3-10(14)5-11(8)15-12-7-19(17,18)6-9(12)4-13(15)16/h2-3,5,9,12H,4,6-7H2,1H3/t9-,12+/m1/s1. The molecule has 0 radical (unpaired) electrons. The first kappa shape index (κ1) is 12.9. The monoisotopic (exact) mass is 299 g/mol. The van der Waals surface area contributed by atoms with Crippen LogP contribution in [0.5, 0.6) is 0 Å². The molecule has 1 aromatic rings. The van der Waals surface area contributed by atoms with Gasteiger partial charge >= 0.3 is 0 Å². The van der Waals surface area contributed by atoms with Gasteiger partial charge in [-0.2, -0.15) is 0 Å². The number of halogens is 1. The van der Waals surface area contributed by atoms with E-state index in [9.17, 15) is 13.2 Å². The van der Waals surface area contributed by atoms with E-state index in [0.717, 1.165) is 11.3 Å². The zero-order valence-electron chi connectivity index (χ0n) is 10.5. The van der Waals surface area contributed by atoms with E-state index < -0.39 is 9.84 Å². The van der Waals surface area contributed by atoms with Crippen LogP contribution in [0.3, 0.4) is 0 Å². The third-order valence-corrected chi connectivity index (χ3v) is 5.93. The van der Waals surface area contributed by atoms with E-state index in [2.05, 4.69) is 0 Å². The summed E-state index contributed by atoms with van der Waals surface area (Å²) in [5.74, 6) is 0.112. The number of amides is 1. The molecule has 0 saturated carbocycles. The zero-order chi connectivity index (χ0) is 13.8. The van der Waals surface area contributed by atoms with Crippen LogP contribution in [-0.4, -0.2) is 31.9 Å². The molecule has 6 heteroatoms. The Labute approximate surface area is 117 Å². The van der Waals surface area contributed by atoms with Gasteiger partial charge in [-0.1, -0.05) is 17.7 Å². The molecule has 2 atom stereocenters. The number of hydrogen-bond acceptors (Lipinski definition) is 3. The maximum absolute atomic E-state index is 12.2. The highest BCUT2D eigenvalue weighted by atomic mass is 35.5. The fraction of sp³-hybridized carbons (Fsp3) is 0.462. The van der Waals surface area contributed by atoms with E-state index >= 15 is 0 Å². The molecule has 2 heterocycles. The van der Waals surface area contributed by atoms with Crippen LogP contribution in [0.4, 0.5) is 5.69 Å². The van der Waals surface area contributed by atoms with Gasteiger partial charge in [-0.25, -0.2) is 8.42 Å². The van der Waals surface area contributed by atoms with Gasteiger partial charge in [-0.15, -0.1) is 0 Å². The van der Waals surface area contributed by atoms with Gasteiger partial charge in [0.1, 0.15) is 0 Å². The van der Waals surface area contributed by atoms with E-state index in [1.165, 1.54) is 0 Å². The summed E-state index contributed by atoms with van der Waals surface area (Å²) >= 11 is 5.99. The number of benzene rings is 1. The third kappa shape index (κ3) is 2.15. The SMILES string of the molecule is Cc1ccc(Cl)cc1N1C(=O)C[C@@H]2CS(=O)(=O)C[C@@H]21. The number of nitrogens with zero attached hydrogens (tertiary/aromatic N) is 1. The summed E-state index contributed by atoms with van der Waals surface area (Å²) in [7, 11) is -3.02. The summed E-state index contributed by atoms with van der Waals surface area (Å²) in [5, 5.41) is 0.553. The first-order valence-electron chi connectivity index (χ1n) is 6.16. The Balaban J connectivity index is 2.04. The Morgan fingerprint density at radius 2 is 2.05 bits per heavy atom. The predicted octanol–water partition coefficient (Wildman–Crippen LogP) is 1.80. The maximum Gasteiger partial charge on any atom is 0.227 e. The normalized spacial score (nSPS) is 28.7. The summed E-state index contributed by atoms with van der Waals surface area (Å²) in [5.41, 5.74) is 1.67. The van der Waals surface area contributed by atoms with Crippen molar-refractivity contribution >= 4 is 33.0 Å². The highest BCUT2D eigenvalue weighted by Gasteiger charge is 2.49. The van der Waals surface area contributed by atoms with Crippen LogP contribution in [0.15, 0.2) is 18.2 Å². The summed E-state index contributed by atoms with van der Waals surface area (Å²) in [6, 6.07) is 5.13. The minimum atomic E-state index is -3.02. The lowest BCUT2D eigenvalue weighted by molar-refractivity contribution is -0.117. The van der Waals surface area contributed by atoms with Gasteiger partial charge in [0.2, 0.25) is 5.91 Å². The van der Waals surface area contributed by atoms with E-state index in [4.69, 9.17) is 11.6 Å². The van der Waals surface area contributed by atoms with Crippen molar-refractivity contribution in [1.82, 2.24) is 0 Å².